The summed E-state index contributed by atoms with van der Waals surface area (Å²) in [5, 5.41) is 9.37. The van der Waals surface area contributed by atoms with Gasteiger partial charge in [0.2, 0.25) is 0 Å². The normalized spacial score (nSPS) is 17.7. The fourth-order valence-corrected chi connectivity index (χ4v) is 2.66. The first kappa shape index (κ1) is 10.8. The molecule has 1 aliphatic heterocycles. The van der Waals surface area contributed by atoms with Crippen LogP contribution in [0.1, 0.15) is 18.4 Å². The largest absolute Gasteiger partial charge is 0.317 e. The van der Waals surface area contributed by atoms with Gasteiger partial charge in [0.05, 0.1) is 5.52 Å². The lowest BCUT2D eigenvalue weighted by atomic mass is 9.98. The molecule has 17 heavy (non-hydrogen) atoms. The van der Waals surface area contributed by atoms with Crippen molar-refractivity contribution in [3.63, 3.8) is 0 Å². The number of hydrogen-bond acceptors (Lipinski definition) is 2. The summed E-state index contributed by atoms with van der Waals surface area (Å²) >= 11 is 0. The first-order valence-electron chi connectivity index (χ1n) is 6.46. The highest BCUT2D eigenvalue weighted by Gasteiger charge is 2.14. The van der Waals surface area contributed by atoms with Crippen LogP contribution >= 0.6 is 0 Å². The number of aromatic nitrogens is 2. The molecule has 0 atom stereocenters. The second kappa shape index (κ2) is 4.49. The van der Waals surface area contributed by atoms with E-state index in [1.807, 2.05) is 0 Å². The number of nitrogens with one attached hydrogen (secondary N) is 1. The van der Waals surface area contributed by atoms with Crippen LogP contribution in [0.2, 0.25) is 0 Å². The summed E-state index contributed by atoms with van der Waals surface area (Å²) in [6.07, 6.45) is 4.73. The average molecular weight is 229 g/mol. The summed E-state index contributed by atoms with van der Waals surface area (Å²) in [6.45, 7) is 5.51. The lowest BCUT2D eigenvalue weighted by molar-refractivity contribution is 0.322. The van der Waals surface area contributed by atoms with E-state index < -0.39 is 0 Å². The van der Waals surface area contributed by atoms with E-state index in [9.17, 15) is 0 Å². The Bertz CT molecular complexity index is 509. The van der Waals surface area contributed by atoms with Crippen LogP contribution < -0.4 is 5.32 Å². The second-order valence-corrected chi connectivity index (χ2v) is 5.06. The van der Waals surface area contributed by atoms with E-state index in [0.29, 0.717) is 0 Å². The minimum Gasteiger partial charge on any atom is -0.317 e. The van der Waals surface area contributed by atoms with E-state index in [1.54, 1.807) is 0 Å². The predicted octanol–water partition coefficient (Wildman–Crippen LogP) is 2.34. The Morgan fingerprint density at radius 1 is 1.35 bits per heavy atom. The van der Waals surface area contributed by atoms with Crippen molar-refractivity contribution in [3.05, 3.63) is 30.0 Å². The molecule has 1 aromatic carbocycles. The van der Waals surface area contributed by atoms with Crippen molar-refractivity contribution in [3.8, 4) is 0 Å². The van der Waals surface area contributed by atoms with Crippen LogP contribution in [0.15, 0.2) is 24.4 Å². The molecule has 3 nitrogen and oxygen atoms in total. The standard InChI is InChI=1S/C14H19N3/c1-11-3-2-4-13-10-17(16-14(11)13)9-12-5-7-15-8-6-12/h2-4,10,12,15H,5-9H2,1H3. The third kappa shape index (κ3) is 2.20. The van der Waals surface area contributed by atoms with Crippen molar-refractivity contribution in [2.24, 2.45) is 5.92 Å². The fraction of sp³-hybridized carbons (Fsp3) is 0.500. The minimum absolute atomic E-state index is 0.783. The van der Waals surface area contributed by atoms with Crippen LogP contribution in [0.25, 0.3) is 10.9 Å². The quantitative estimate of drug-likeness (QED) is 0.856. The van der Waals surface area contributed by atoms with Gasteiger partial charge in [-0.15, -0.1) is 0 Å². The first-order chi connectivity index (χ1) is 8.33. The maximum absolute atomic E-state index is 4.70. The van der Waals surface area contributed by atoms with Crippen molar-refractivity contribution < 1.29 is 0 Å². The van der Waals surface area contributed by atoms with Gasteiger partial charge in [0.15, 0.2) is 0 Å². The van der Waals surface area contributed by atoms with Crippen molar-refractivity contribution in [1.29, 1.82) is 0 Å². The van der Waals surface area contributed by atoms with Gasteiger partial charge in [-0.25, -0.2) is 0 Å². The molecule has 3 heteroatoms. The Kier molecular flexibility index (Phi) is 2.85. The van der Waals surface area contributed by atoms with Crippen molar-refractivity contribution >= 4 is 10.9 Å². The first-order valence-corrected chi connectivity index (χ1v) is 6.46. The smallest absolute Gasteiger partial charge is 0.0952 e. The molecule has 3 rings (SSSR count). The monoisotopic (exact) mass is 229 g/mol. The van der Waals surface area contributed by atoms with E-state index in [1.165, 1.54) is 23.8 Å². The van der Waals surface area contributed by atoms with E-state index in [4.69, 9.17) is 5.10 Å². The summed E-state index contributed by atoms with van der Waals surface area (Å²) in [5.41, 5.74) is 2.42. The molecular formula is C14H19N3. The molecule has 2 aromatic rings. The van der Waals surface area contributed by atoms with Crippen LogP contribution in [-0.4, -0.2) is 22.9 Å². The van der Waals surface area contributed by atoms with Crippen LogP contribution in [0.3, 0.4) is 0 Å². The fourth-order valence-electron chi connectivity index (χ4n) is 2.66. The number of rotatable bonds is 2. The zero-order chi connectivity index (χ0) is 11.7. The maximum Gasteiger partial charge on any atom is 0.0952 e. The van der Waals surface area contributed by atoms with Gasteiger partial charge < -0.3 is 5.32 Å². The van der Waals surface area contributed by atoms with Gasteiger partial charge in [0, 0.05) is 18.1 Å². The van der Waals surface area contributed by atoms with Gasteiger partial charge >= 0.3 is 0 Å². The predicted molar refractivity (Wildman–Crippen MR) is 70.1 cm³/mol. The molecule has 90 valence electrons. The molecular weight excluding hydrogens is 210 g/mol. The summed E-state index contributed by atoms with van der Waals surface area (Å²) in [4.78, 5) is 0. The zero-order valence-electron chi connectivity index (χ0n) is 10.3. The molecule has 1 N–H and O–H groups in total. The third-order valence-corrected chi connectivity index (χ3v) is 3.69. The number of nitrogens with zero attached hydrogens (tertiary/aromatic N) is 2. The molecule has 0 aliphatic carbocycles. The highest BCUT2D eigenvalue weighted by Crippen LogP contribution is 2.19. The Morgan fingerprint density at radius 2 is 2.18 bits per heavy atom. The average Bonchev–Trinajstić information content (AvgIpc) is 2.74. The van der Waals surface area contributed by atoms with Crippen LogP contribution in [0.5, 0.6) is 0 Å². The highest BCUT2D eigenvalue weighted by atomic mass is 15.3. The van der Waals surface area contributed by atoms with Gasteiger partial charge in [0.25, 0.3) is 0 Å². The van der Waals surface area contributed by atoms with E-state index >= 15 is 0 Å². The van der Waals surface area contributed by atoms with Gasteiger partial charge in [-0.05, 0) is 44.3 Å². The third-order valence-electron chi connectivity index (χ3n) is 3.69. The summed E-state index contributed by atoms with van der Waals surface area (Å²) < 4.78 is 2.13. The molecule has 2 heterocycles. The zero-order valence-corrected chi connectivity index (χ0v) is 10.3. The van der Waals surface area contributed by atoms with Gasteiger partial charge in [-0.2, -0.15) is 5.10 Å². The van der Waals surface area contributed by atoms with Crippen LogP contribution in [-0.2, 0) is 6.54 Å². The second-order valence-electron chi connectivity index (χ2n) is 5.06. The SMILES string of the molecule is Cc1cccc2cn(CC3CCNCC3)nc12. The Morgan fingerprint density at radius 3 is 2.94 bits per heavy atom. The molecule has 1 fully saturated rings. The number of aryl methyl sites for hydroxylation is 1. The Labute approximate surface area is 102 Å². The summed E-state index contributed by atoms with van der Waals surface area (Å²) in [7, 11) is 0. The molecule has 0 spiro atoms. The topological polar surface area (TPSA) is 29.9 Å². The molecule has 0 radical (unpaired) electrons. The van der Waals surface area contributed by atoms with Crippen molar-refractivity contribution in [2.45, 2.75) is 26.3 Å². The van der Waals surface area contributed by atoms with Crippen LogP contribution in [0.4, 0.5) is 0 Å². The molecule has 0 bridgehead atoms. The van der Waals surface area contributed by atoms with Crippen molar-refractivity contribution in [2.75, 3.05) is 13.1 Å². The molecule has 0 saturated carbocycles. The van der Waals surface area contributed by atoms with Gasteiger partial charge in [-0.3, -0.25) is 4.68 Å². The lowest BCUT2D eigenvalue weighted by Crippen LogP contribution is -2.29. The lowest BCUT2D eigenvalue weighted by Gasteiger charge is -2.22. The molecule has 1 aliphatic rings. The Balaban J connectivity index is 1.83. The number of fused-ring (bicyclic) bond motifs is 1. The van der Waals surface area contributed by atoms with E-state index in [2.05, 4.69) is 41.3 Å². The molecule has 1 saturated heterocycles. The Hall–Kier alpha value is -1.35. The molecule has 0 unspecified atom stereocenters. The summed E-state index contributed by atoms with van der Waals surface area (Å²) in [5.74, 6) is 0.783. The number of benzene rings is 1. The highest BCUT2D eigenvalue weighted by molar-refractivity contribution is 5.81. The van der Waals surface area contributed by atoms with Crippen LogP contribution in [0, 0.1) is 12.8 Å². The molecule has 1 aromatic heterocycles. The van der Waals surface area contributed by atoms with E-state index in [0.717, 1.165) is 31.1 Å². The number of hydrogen-bond donors (Lipinski definition) is 1. The molecule has 0 amide bonds. The number of piperidine rings is 1. The maximum atomic E-state index is 4.70. The van der Waals surface area contributed by atoms with Crippen molar-refractivity contribution in [1.82, 2.24) is 15.1 Å². The van der Waals surface area contributed by atoms with Gasteiger partial charge in [0.1, 0.15) is 0 Å². The van der Waals surface area contributed by atoms with Gasteiger partial charge in [-0.1, -0.05) is 18.2 Å². The summed E-state index contributed by atoms with van der Waals surface area (Å²) in [6, 6.07) is 6.38. The van der Waals surface area contributed by atoms with E-state index in [-0.39, 0.29) is 0 Å². The minimum atomic E-state index is 0.783.